The number of morpholine rings is 1. The molecule has 0 bridgehead atoms. The fourth-order valence-electron chi connectivity index (χ4n) is 4.71. The number of ether oxygens (including phenoxy) is 1. The number of aryl methyl sites for hydroxylation is 1. The molecule has 0 spiro atoms. The molecule has 2 heterocycles. The molecule has 188 valence electrons. The number of aliphatic hydroxyl groups excluding tert-OH is 1. The van der Waals surface area contributed by atoms with Crippen molar-refractivity contribution in [1.82, 2.24) is 4.57 Å². The third kappa shape index (κ3) is 4.95. The second-order valence-electron chi connectivity index (χ2n) is 10.2. The summed E-state index contributed by atoms with van der Waals surface area (Å²) in [4.78, 5) is 14.8. The predicted molar refractivity (Wildman–Crippen MR) is 136 cm³/mol. The molecule has 1 N–H and O–H groups in total. The van der Waals surface area contributed by atoms with E-state index in [1.54, 1.807) is 24.1 Å². The topological polar surface area (TPSA) is 54.7 Å². The van der Waals surface area contributed by atoms with Crippen LogP contribution in [-0.2, 0) is 11.2 Å². The molecule has 1 atom stereocenters. The van der Waals surface area contributed by atoms with Crippen LogP contribution in [0.3, 0.4) is 0 Å². The summed E-state index contributed by atoms with van der Waals surface area (Å²) in [5.41, 5.74) is 2.12. The number of halogens is 3. The van der Waals surface area contributed by atoms with Crippen LogP contribution in [0.25, 0.3) is 10.9 Å². The van der Waals surface area contributed by atoms with Gasteiger partial charge in [0.25, 0.3) is 0 Å². The van der Waals surface area contributed by atoms with Gasteiger partial charge in [-0.2, -0.15) is 0 Å². The van der Waals surface area contributed by atoms with E-state index in [-0.39, 0.29) is 41.2 Å². The fraction of sp³-hybridized carbons (Fsp3) is 0.444. The Hall–Kier alpha value is -2.48. The first-order chi connectivity index (χ1) is 16.5. The molecule has 0 aliphatic carbocycles. The molecule has 1 aliphatic rings. The fourth-order valence-corrected chi connectivity index (χ4v) is 4.93. The normalized spacial score (nSPS) is 15.6. The quantitative estimate of drug-likeness (QED) is 0.482. The standard InChI is InChI=1S/C27H31ClF2N2O3/c1-16-14-32(22(15-33)27(2,3)4)20-6-5-17(12-19(20)26(16)34)11-18-13-21(25(30)23(28)24(18)29)31-7-9-35-10-8-31/h5-6,12-14,22,33H,7-11,15H2,1-4H3. The van der Waals surface area contributed by atoms with Gasteiger partial charge in [0.1, 0.15) is 10.8 Å². The van der Waals surface area contributed by atoms with Crippen molar-refractivity contribution in [3.63, 3.8) is 0 Å². The van der Waals surface area contributed by atoms with Gasteiger partial charge in [-0.25, -0.2) is 8.78 Å². The average Bonchev–Trinajstić information content (AvgIpc) is 2.82. The van der Waals surface area contributed by atoms with E-state index in [0.29, 0.717) is 48.3 Å². The van der Waals surface area contributed by atoms with Crippen molar-refractivity contribution in [2.75, 3.05) is 37.8 Å². The van der Waals surface area contributed by atoms with Crippen molar-refractivity contribution in [2.24, 2.45) is 5.41 Å². The van der Waals surface area contributed by atoms with Crippen molar-refractivity contribution in [3.05, 3.63) is 74.0 Å². The number of benzene rings is 2. The zero-order valence-corrected chi connectivity index (χ0v) is 21.3. The maximum absolute atomic E-state index is 15.0. The molecule has 0 amide bonds. The Bertz CT molecular complexity index is 1310. The molecular weight excluding hydrogens is 474 g/mol. The highest BCUT2D eigenvalue weighted by Gasteiger charge is 2.27. The number of nitrogens with zero attached hydrogens (tertiary/aromatic N) is 2. The Morgan fingerprint density at radius 3 is 2.46 bits per heavy atom. The van der Waals surface area contributed by atoms with Crippen molar-refractivity contribution >= 4 is 28.2 Å². The molecular formula is C27H31ClF2N2O3. The van der Waals surface area contributed by atoms with Gasteiger partial charge in [-0.05, 0) is 41.7 Å². The van der Waals surface area contributed by atoms with E-state index in [2.05, 4.69) is 0 Å². The van der Waals surface area contributed by atoms with Gasteiger partial charge in [0.15, 0.2) is 11.2 Å². The number of fused-ring (bicyclic) bond motifs is 1. The molecule has 8 heteroatoms. The Labute approximate surface area is 208 Å². The zero-order valence-electron chi connectivity index (χ0n) is 20.5. The molecule has 1 fully saturated rings. The second-order valence-corrected chi connectivity index (χ2v) is 10.6. The number of aliphatic hydroxyl groups is 1. The van der Waals surface area contributed by atoms with E-state index in [4.69, 9.17) is 16.3 Å². The van der Waals surface area contributed by atoms with Gasteiger partial charge in [0.2, 0.25) is 0 Å². The Balaban J connectivity index is 1.79. The molecule has 1 saturated heterocycles. The zero-order chi connectivity index (χ0) is 25.5. The summed E-state index contributed by atoms with van der Waals surface area (Å²) in [5.74, 6) is -1.57. The molecule has 2 aromatic carbocycles. The van der Waals surface area contributed by atoms with Crippen molar-refractivity contribution in [1.29, 1.82) is 0 Å². The van der Waals surface area contributed by atoms with Crippen LogP contribution in [0.15, 0.2) is 35.3 Å². The van der Waals surface area contributed by atoms with Crippen LogP contribution < -0.4 is 10.3 Å². The van der Waals surface area contributed by atoms with Gasteiger partial charge in [0, 0.05) is 36.7 Å². The van der Waals surface area contributed by atoms with Crippen LogP contribution in [0.4, 0.5) is 14.5 Å². The summed E-state index contributed by atoms with van der Waals surface area (Å²) in [6, 6.07) is 6.67. The minimum Gasteiger partial charge on any atom is -0.394 e. The van der Waals surface area contributed by atoms with Crippen LogP contribution in [0.1, 0.15) is 43.5 Å². The van der Waals surface area contributed by atoms with Crippen LogP contribution in [-0.4, -0.2) is 42.6 Å². The smallest absolute Gasteiger partial charge is 0.192 e. The lowest BCUT2D eigenvalue weighted by molar-refractivity contribution is 0.122. The average molecular weight is 505 g/mol. The van der Waals surface area contributed by atoms with E-state index < -0.39 is 16.7 Å². The van der Waals surface area contributed by atoms with Gasteiger partial charge in [-0.15, -0.1) is 0 Å². The van der Waals surface area contributed by atoms with Crippen LogP contribution in [0.5, 0.6) is 0 Å². The first kappa shape index (κ1) is 25.6. The van der Waals surface area contributed by atoms with Crippen molar-refractivity contribution in [3.8, 4) is 0 Å². The third-order valence-corrected chi connectivity index (χ3v) is 7.06. The molecule has 0 saturated carbocycles. The number of hydrogen-bond donors (Lipinski definition) is 1. The Kier molecular flexibility index (Phi) is 7.23. The molecule has 4 rings (SSSR count). The second kappa shape index (κ2) is 9.88. The highest BCUT2D eigenvalue weighted by atomic mass is 35.5. The van der Waals surface area contributed by atoms with E-state index in [9.17, 15) is 18.7 Å². The third-order valence-electron chi connectivity index (χ3n) is 6.73. The van der Waals surface area contributed by atoms with Gasteiger partial charge in [-0.3, -0.25) is 4.79 Å². The van der Waals surface area contributed by atoms with Crippen molar-refractivity contribution < 1.29 is 18.6 Å². The lowest BCUT2D eigenvalue weighted by Gasteiger charge is -2.33. The minimum atomic E-state index is -0.795. The summed E-state index contributed by atoms with van der Waals surface area (Å²) in [5, 5.41) is 10.1. The highest BCUT2D eigenvalue weighted by molar-refractivity contribution is 6.31. The number of aromatic nitrogens is 1. The van der Waals surface area contributed by atoms with E-state index >= 15 is 0 Å². The summed E-state index contributed by atoms with van der Waals surface area (Å²) in [7, 11) is 0. The first-order valence-corrected chi connectivity index (χ1v) is 12.1. The van der Waals surface area contributed by atoms with Crippen LogP contribution >= 0.6 is 11.6 Å². The molecule has 1 unspecified atom stereocenters. The monoisotopic (exact) mass is 504 g/mol. The van der Waals surface area contributed by atoms with Gasteiger partial charge in [-0.1, -0.05) is 38.4 Å². The maximum atomic E-state index is 15.0. The SMILES string of the molecule is Cc1cn(C(CO)C(C)(C)C)c2ccc(Cc3cc(N4CCOCC4)c(F)c(Cl)c3F)cc2c1=O. The number of hydrogen-bond acceptors (Lipinski definition) is 4. The largest absolute Gasteiger partial charge is 0.394 e. The molecule has 3 aromatic rings. The summed E-state index contributed by atoms with van der Waals surface area (Å²) >= 11 is 6.04. The van der Waals surface area contributed by atoms with Gasteiger partial charge in [0.05, 0.1) is 37.1 Å². The minimum absolute atomic E-state index is 0.0771. The Morgan fingerprint density at radius 2 is 1.83 bits per heavy atom. The number of anilines is 1. The van der Waals surface area contributed by atoms with Crippen molar-refractivity contribution in [2.45, 2.75) is 40.2 Å². The van der Waals surface area contributed by atoms with E-state index in [1.165, 1.54) is 6.07 Å². The van der Waals surface area contributed by atoms with E-state index in [0.717, 1.165) is 0 Å². The lowest BCUT2D eigenvalue weighted by atomic mass is 9.86. The number of pyridine rings is 1. The van der Waals surface area contributed by atoms with Crippen LogP contribution in [0, 0.1) is 24.0 Å². The summed E-state index contributed by atoms with van der Waals surface area (Å²) in [6.45, 7) is 9.69. The molecule has 0 radical (unpaired) electrons. The predicted octanol–water partition coefficient (Wildman–Crippen LogP) is 5.25. The molecule has 35 heavy (non-hydrogen) atoms. The molecule has 1 aromatic heterocycles. The molecule has 1 aliphatic heterocycles. The summed E-state index contributed by atoms with van der Waals surface area (Å²) in [6.07, 6.45) is 1.93. The Morgan fingerprint density at radius 1 is 1.14 bits per heavy atom. The van der Waals surface area contributed by atoms with Crippen LogP contribution in [0.2, 0.25) is 5.02 Å². The lowest BCUT2D eigenvalue weighted by Crippen LogP contribution is -2.37. The van der Waals surface area contributed by atoms with Gasteiger partial charge >= 0.3 is 0 Å². The van der Waals surface area contributed by atoms with Gasteiger partial charge < -0.3 is 19.3 Å². The first-order valence-electron chi connectivity index (χ1n) is 11.8. The molecule has 5 nitrogen and oxygen atoms in total. The highest BCUT2D eigenvalue weighted by Crippen LogP contribution is 2.34. The van der Waals surface area contributed by atoms with E-state index in [1.807, 2.05) is 37.5 Å². The number of rotatable bonds is 5. The maximum Gasteiger partial charge on any atom is 0.192 e. The summed E-state index contributed by atoms with van der Waals surface area (Å²) < 4.78 is 37.1.